The van der Waals surface area contributed by atoms with E-state index in [2.05, 4.69) is 0 Å². The monoisotopic (exact) mass is 281 g/mol. The molecule has 1 aliphatic rings. The van der Waals surface area contributed by atoms with Gasteiger partial charge in [-0.3, -0.25) is 9.59 Å². The number of hydrogen-bond donors (Lipinski definition) is 1. The van der Waals surface area contributed by atoms with Crippen molar-refractivity contribution in [3.63, 3.8) is 0 Å². The predicted molar refractivity (Wildman–Crippen MR) is 71.9 cm³/mol. The number of benzene rings is 1. The fraction of sp³-hybridized carbons (Fsp3) is 0.429. The van der Waals surface area contributed by atoms with Crippen molar-refractivity contribution in [2.24, 2.45) is 5.92 Å². The summed E-state index contributed by atoms with van der Waals surface area (Å²) in [6.07, 6.45) is 0.687. The van der Waals surface area contributed by atoms with E-state index in [9.17, 15) is 14.7 Å². The highest BCUT2D eigenvalue weighted by molar-refractivity contribution is 6.30. The number of amides is 1. The third kappa shape index (κ3) is 2.73. The first-order chi connectivity index (χ1) is 9.04. The van der Waals surface area contributed by atoms with Gasteiger partial charge in [-0.25, -0.2) is 0 Å². The number of carbonyl (C=O) groups excluding carboxylic acids is 1. The zero-order chi connectivity index (χ0) is 14.0. The van der Waals surface area contributed by atoms with E-state index in [4.69, 9.17) is 11.6 Å². The largest absolute Gasteiger partial charge is 0.481 e. The lowest BCUT2D eigenvalue weighted by molar-refractivity contribution is -0.151. The van der Waals surface area contributed by atoms with E-state index in [1.807, 2.05) is 6.92 Å². The Morgan fingerprint density at radius 1 is 1.42 bits per heavy atom. The van der Waals surface area contributed by atoms with Crippen LogP contribution in [0.3, 0.4) is 0 Å². The van der Waals surface area contributed by atoms with E-state index in [-0.39, 0.29) is 5.91 Å². The standard InChI is InChI=1S/C14H16ClNO3/c1-2-16-12(17)8-7-11(14(18)19)13(16)9-3-5-10(15)6-4-9/h3-6,11,13H,2,7-8H2,1H3,(H,18,19)/t11-,13+/m0/s1. The van der Waals surface area contributed by atoms with Crippen molar-refractivity contribution in [2.75, 3.05) is 6.54 Å². The van der Waals surface area contributed by atoms with Gasteiger partial charge < -0.3 is 10.0 Å². The summed E-state index contributed by atoms with van der Waals surface area (Å²) in [5, 5.41) is 9.96. The number of halogens is 1. The molecule has 1 saturated heterocycles. The number of carboxylic acid groups (broad SMARTS) is 1. The molecule has 0 radical (unpaired) electrons. The van der Waals surface area contributed by atoms with E-state index in [1.54, 1.807) is 29.2 Å². The maximum absolute atomic E-state index is 12.0. The Hall–Kier alpha value is -1.55. The molecule has 1 aromatic rings. The highest BCUT2D eigenvalue weighted by atomic mass is 35.5. The fourth-order valence-electron chi connectivity index (χ4n) is 2.66. The SMILES string of the molecule is CCN1C(=O)CC[C@H](C(=O)O)[C@H]1c1ccc(Cl)cc1. The van der Waals surface area contributed by atoms with Gasteiger partial charge in [-0.15, -0.1) is 0 Å². The molecule has 2 atom stereocenters. The Balaban J connectivity index is 2.40. The molecule has 1 amide bonds. The Morgan fingerprint density at radius 3 is 2.58 bits per heavy atom. The van der Waals surface area contributed by atoms with Crippen LogP contribution in [0.4, 0.5) is 0 Å². The molecule has 0 spiro atoms. The summed E-state index contributed by atoms with van der Waals surface area (Å²) < 4.78 is 0. The van der Waals surface area contributed by atoms with Crippen LogP contribution in [0, 0.1) is 5.92 Å². The van der Waals surface area contributed by atoms with Crippen LogP contribution in [0.15, 0.2) is 24.3 Å². The molecular formula is C14H16ClNO3. The van der Waals surface area contributed by atoms with E-state index < -0.39 is 17.9 Å². The van der Waals surface area contributed by atoms with Crippen LogP contribution in [0.5, 0.6) is 0 Å². The van der Waals surface area contributed by atoms with Crippen molar-refractivity contribution in [3.8, 4) is 0 Å². The topological polar surface area (TPSA) is 57.6 Å². The molecule has 0 aliphatic carbocycles. The lowest BCUT2D eigenvalue weighted by atomic mass is 9.84. The minimum Gasteiger partial charge on any atom is -0.481 e. The summed E-state index contributed by atoms with van der Waals surface area (Å²) in [7, 11) is 0. The van der Waals surface area contributed by atoms with Crippen molar-refractivity contribution >= 4 is 23.5 Å². The highest BCUT2D eigenvalue weighted by Gasteiger charge is 2.39. The summed E-state index contributed by atoms with van der Waals surface area (Å²) in [4.78, 5) is 25.0. The highest BCUT2D eigenvalue weighted by Crippen LogP contribution is 2.37. The number of nitrogens with zero attached hydrogens (tertiary/aromatic N) is 1. The van der Waals surface area contributed by atoms with Crippen molar-refractivity contribution in [3.05, 3.63) is 34.9 Å². The number of piperidine rings is 1. The molecule has 0 saturated carbocycles. The quantitative estimate of drug-likeness (QED) is 0.927. The molecule has 1 fully saturated rings. The minimum absolute atomic E-state index is 0.0138. The number of carbonyl (C=O) groups is 2. The molecule has 102 valence electrons. The zero-order valence-electron chi connectivity index (χ0n) is 10.7. The van der Waals surface area contributed by atoms with Crippen molar-refractivity contribution in [1.29, 1.82) is 0 Å². The number of rotatable bonds is 3. The Bertz CT molecular complexity index is 484. The minimum atomic E-state index is -0.856. The van der Waals surface area contributed by atoms with Gasteiger partial charge in [0.1, 0.15) is 0 Å². The van der Waals surface area contributed by atoms with Gasteiger partial charge in [0.15, 0.2) is 0 Å². The van der Waals surface area contributed by atoms with E-state index >= 15 is 0 Å². The Kier molecular flexibility index (Phi) is 4.10. The van der Waals surface area contributed by atoms with Gasteiger partial charge in [0.25, 0.3) is 0 Å². The molecule has 1 heterocycles. The molecule has 0 aromatic heterocycles. The van der Waals surface area contributed by atoms with Crippen molar-refractivity contribution in [1.82, 2.24) is 4.90 Å². The van der Waals surface area contributed by atoms with Gasteiger partial charge in [0.2, 0.25) is 5.91 Å². The fourth-order valence-corrected chi connectivity index (χ4v) is 2.78. The van der Waals surface area contributed by atoms with Crippen LogP contribution in [0.2, 0.25) is 5.02 Å². The first-order valence-electron chi connectivity index (χ1n) is 6.32. The predicted octanol–water partition coefficient (Wildman–Crippen LogP) is 2.72. The normalized spacial score (nSPS) is 23.5. The van der Waals surface area contributed by atoms with Crippen LogP contribution >= 0.6 is 11.6 Å². The lowest BCUT2D eigenvalue weighted by Crippen LogP contribution is -2.45. The first-order valence-corrected chi connectivity index (χ1v) is 6.70. The average Bonchev–Trinajstić information content (AvgIpc) is 2.39. The number of aliphatic carboxylic acids is 1. The zero-order valence-corrected chi connectivity index (χ0v) is 11.4. The molecule has 1 N–H and O–H groups in total. The maximum atomic E-state index is 12.0. The molecule has 2 rings (SSSR count). The summed E-state index contributed by atoms with van der Waals surface area (Å²) in [5.74, 6) is -1.40. The molecular weight excluding hydrogens is 266 g/mol. The van der Waals surface area contributed by atoms with Gasteiger partial charge in [-0.1, -0.05) is 23.7 Å². The lowest BCUT2D eigenvalue weighted by Gasteiger charge is -2.39. The third-order valence-corrected chi connectivity index (χ3v) is 3.83. The number of likely N-dealkylation sites (tertiary alicyclic amines) is 1. The van der Waals surface area contributed by atoms with Crippen LogP contribution in [0.25, 0.3) is 0 Å². The molecule has 4 nitrogen and oxygen atoms in total. The van der Waals surface area contributed by atoms with Crippen LogP contribution in [0.1, 0.15) is 31.4 Å². The van der Waals surface area contributed by atoms with Gasteiger partial charge >= 0.3 is 5.97 Å². The van der Waals surface area contributed by atoms with Gasteiger partial charge in [-0.2, -0.15) is 0 Å². The van der Waals surface area contributed by atoms with E-state index in [1.165, 1.54) is 0 Å². The Labute approximate surface area is 117 Å². The Morgan fingerprint density at radius 2 is 2.05 bits per heavy atom. The summed E-state index contributed by atoms with van der Waals surface area (Å²) in [6.45, 7) is 2.38. The third-order valence-electron chi connectivity index (χ3n) is 3.58. The van der Waals surface area contributed by atoms with E-state index in [0.29, 0.717) is 24.4 Å². The van der Waals surface area contributed by atoms with Crippen molar-refractivity contribution < 1.29 is 14.7 Å². The molecule has 5 heteroatoms. The smallest absolute Gasteiger partial charge is 0.308 e. The second kappa shape index (κ2) is 5.61. The summed E-state index contributed by atoms with van der Waals surface area (Å²) in [5.41, 5.74) is 0.826. The molecule has 19 heavy (non-hydrogen) atoms. The molecule has 0 bridgehead atoms. The van der Waals surface area contributed by atoms with Crippen LogP contribution in [-0.4, -0.2) is 28.4 Å². The van der Waals surface area contributed by atoms with Crippen molar-refractivity contribution in [2.45, 2.75) is 25.8 Å². The summed E-state index contributed by atoms with van der Waals surface area (Å²) >= 11 is 5.85. The van der Waals surface area contributed by atoms with Gasteiger partial charge in [0.05, 0.1) is 12.0 Å². The van der Waals surface area contributed by atoms with Gasteiger partial charge in [-0.05, 0) is 31.0 Å². The molecule has 1 aliphatic heterocycles. The summed E-state index contributed by atoms with van der Waals surface area (Å²) in [6, 6.07) is 6.64. The van der Waals surface area contributed by atoms with Crippen LogP contribution < -0.4 is 0 Å². The van der Waals surface area contributed by atoms with Crippen LogP contribution in [-0.2, 0) is 9.59 Å². The first kappa shape index (κ1) is 13.9. The molecule has 0 unspecified atom stereocenters. The second-order valence-corrected chi connectivity index (χ2v) is 5.10. The second-order valence-electron chi connectivity index (χ2n) is 4.66. The van der Waals surface area contributed by atoms with Gasteiger partial charge in [0, 0.05) is 18.0 Å². The number of hydrogen-bond acceptors (Lipinski definition) is 2. The number of carboxylic acids is 1. The maximum Gasteiger partial charge on any atom is 0.308 e. The average molecular weight is 282 g/mol. The molecule has 1 aromatic carbocycles. The van der Waals surface area contributed by atoms with E-state index in [0.717, 1.165) is 5.56 Å².